The third-order valence-corrected chi connectivity index (χ3v) is 4.85. The average molecular weight is 425 g/mol. The van der Waals surface area contributed by atoms with Gasteiger partial charge in [0, 0.05) is 51.4 Å². The monoisotopic (exact) mass is 425 g/mol. The first-order chi connectivity index (χ1) is 14.3. The number of rotatable bonds is 4. The van der Waals surface area contributed by atoms with Crippen LogP contribution < -0.4 is 20.9 Å². The van der Waals surface area contributed by atoms with Crippen LogP contribution in [-0.2, 0) is 9.59 Å². The van der Waals surface area contributed by atoms with Crippen LogP contribution in [0.3, 0.4) is 0 Å². The van der Waals surface area contributed by atoms with E-state index in [1.165, 1.54) is 32.5 Å². The number of amides is 4. The third kappa shape index (κ3) is 7.25. The Morgan fingerprint density at radius 1 is 1.10 bits per heavy atom. The van der Waals surface area contributed by atoms with Crippen LogP contribution in [0.1, 0.15) is 20.3 Å². The number of hydrogen-bond acceptors (Lipinski definition) is 5. The number of anilines is 1. The van der Waals surface area contributed by atoms with Crippen molar-refractivity contribution in [1.82, 2.24) is 20.9 Å². The Hall–Kier alpha value is -2.75. The minimum Gasteiger partial charge on any atom is -0.368 e. The van der Waals surface area contributed by atoms with Gasteiger partial charge in [-0.3, -0.25) is 14.9 Å². The van der Waals surface area contributed by atoms with Crippen molar-refractivity contribution in [2.24, 2.45) is 5.92 Å². The number of nitrogens with one attached hydrogen (secondary N) is 3. The molecule has 1 aromatic rings. The van der Waals surface area contributed by atoms with Crippen LogP contribution in [-0.4, -0.2) is 68.6 Å². The van der Waals surface area contributed by atoms with Gasteiger partial charge in [-0.25, -0.2) is 13.6 Å². The largest absolute Gasteiger partial charge is 0.368 e. The van der Waals surface area contributed by atoms with E-state index in [-0.39, 0.29) is 12.5 Å². The SMILES string of the molecule is C1CNC1.CC(=O)NC(=O)NCC(C)C(=O)N1CCN(c2ccc(F)c(F)c2)CC1. The van der Waals surface area contributed by atoms with Gasteiger partial charge >= 0.3 is 6.03 Å². The van der Waals surface area contributed by atoms with Crippen molar-refractivity contribution in [2.45, 2.75) is 20.3 Å². The normalized spacial score (nSPS) is 16.5. The van der Waals surface area contributed by atoms with Crippen molar-refractivity contribution < 1.29 is 23.2 Å². The maximum Gasteiger partial charge on any atom is 0.321 e. The molecule has 10 heteroatoms. The topological polar surface area (TPSA) is 93.8 Å². The molecule has 2 saturated heterocycles. The molecular weight excluding hydrogens is 396 g/mol. The standard InChI is InChI=1S/C17H22F2N4O3.C3H7N/c1-11(10-20-17(26)21-12(2)24)16(25)23-7-5-22(6-8-23)13-3-4-14(18)15(19)9-13;1-2-4-3-1/h3-4,9,11H,5-8,10H2,1-2H3,(H2,20,21,24,26);4H,1-3H2. The molecule has 2 aliphatic rings. The molecule has 2 fully saturated rings. The smallest absolute Gasteiger partial charge is 0.321 e. The van der Waals surface area contributed by atoms with Crippen molar-refractivity contribution in [1.29, 1.82) is 0 Å². The number of urea groups is 1. The summed E-state index contributed by atoms with van der Waals surface area (Å²) in [5.74, 6) is -2.82. The van der Waals surface area contributed by atoms with Gasteiger partial charge < -0.3 is 20.4 Å². The first kappa shape index (κ1) is 23.5. The Bertz CT molecular complexity index is 746. The molecule has 0 saturated carbocycles. The van der Waals surface area contributed by atoms with E-state index in [0.717, 1.165) is 12.1 Å². The first-order valence-electron chi connectivity index (χ1n) is 10.0. The van der Waals surface area contributed by atoms with E-state index < -0.39 is 29.5 Å². The Morgan fingerprint density at radius 3 is 2.20 bits per heavy atom. The van der Waals surface area contributed by atoms with Gasteiger partial charge in [-0.05, 0) is 31.6 Å². The van der Waals surface area contributed by atoms with Gasteiger partial charge in [-0.15, -0.1) is 0 Å². The number of carbonyl (C=O) groups is 3. The first-order valence-corrected chi connectivity index (χ1v) is 10.0. The van der Waals surface area contributed by atoms with E-state index in [0.29, 0.717) is 31.9 Å². The molecule has 166 valence electrons. The van der Waals surface area contributed by atoms with Gasteiger partial charge in [0.15, 0.2) is 11.6 Å². The lowest BCUT2D eigenvalue weighted by Crippen LogP contribution is -2.51. The van der Waals surface area contributed by atoms with Crippen molar-refractivity contribution in [3.8, 4) is 0 Å². The lowest BCUT2D eigenvalue weighted by atomic mass is 10.1. The molecule has 4 amide bonds. The van der Waals surface area contributed by atoms with E-state index in [4.69, 9.17) is 0 Å². The van der Waals surface area contributed by atoms with Crippen molar-refractivity contribution in [2.75, 3.05) is 50.7 Å². The molecule has 3 rings (SSSR count). The zero-order valence-electron chi connectivity index (χ0n) is 17.3. The number of nitrogens with zero attached hydrogens (tertiary/aromatic N) is 2. The number of carbonyl (C=O) groups excluding carboxylic acids is 3. The van der Waals surface area contributed by atoms with Crippen LogP contribution in [0.4, 0.5) is 19.3 Å². The summed E-state index contributed by atoms with van der Waals surface area (Å²) >= 11 is 0. The predicted molar refractivity (Wildman–Crippen MR) is 109 cm³/mol. The summed E-state index contributed by atoms with van der Waals surface area (Å²) in [6, 6.07) is 3.10. The lowest BCUT2D eigenvalue weighted by Gasteiger charge is -2.37. The van der Waals surface area contributed by atoms with Crippen molar-refractivity contribution in [3.05, 3.63) is 29.8 Å². The van der Waals surface area contributed by atoms with E-state index in [1.807, 2.05) is 4.90 Å². The van der Waals surface area contributed by atoms with Gasteiger partial charge in [-0.1, -0.05) is 6.92 Å². The van der Waals surface area contributed by atoms with Crippen molar-refractivity contribution in [3.63, 3.8) is 0 Å². The third-order valence-electron chi connectivity index (χ3n) is 4.85. The van der Waals surface area contributed by atoms with E-state index in [2.05, 4.69) is 16.0 Å². The van der Waals surface area contributed by atoms with E-state index in [1.54, 1.807) is 11.8 Å². The quantitative estimate of drug-likeness (QED) is 0.671. The Balaban J connectivity index is 0.000000713. The van der Waals surface area contributed by atoms with E-state index in [9.17, 15) is 23.2 Å². The van der Waals surface area contributed by atoms with Crippen LogP contribution in [0.15, 0.2) is 18.2 Å². The van der Waals surface area contributed by atoms with Gasteiger partial charge in [0.05, 0.1) is 5.92 Å². The zero-order valence-corrected chi connectivity index (χ0v) is 17.3. The molecule has 0 spiro atoms. The summed E-state index contributed by atoms with van der Waals surface area (Å²) in [7, 11) is 0. The molecule has 2 heterocycles. The minimum atomic E-state index is -0.899. The molecule has 0 aromatic heterocycles. The lowest BCUT2D eigenvalue weighted by molar-refractivity contribution is -0.135. The second-order valence-corrected chi connectivity index (χ2v) is 7.31. The molecule has 1 aromatic carbocycles. The number of imide groups is 1. The molecule has 0 bridgehead atoms. The molecule has 0 aliphatic carbocycles. The highest BCUT2D eigenvalue weighted by Gasteiger charge is 2.25. The molecular formula is C20H29F2N5O3. The van der Waals surface area contributed by atoms with Gasteiger partial charge in [0.1, 0.15) is 0 Å². The van der Waals surface area contributed by atoms with Crippen LogP contribution in [0, 0.1) is 17.6 Å². The molecule has 2 aliphatic heterocycles. The summed E-state index contributed by atoms with van der Waals surface area (Å²) in [4.78, 5) is 38.1. The summed E-state index contributed by atoms with van der Waals surface area (Å²) in [5.41, 5.74) is 0.576. The number of hydrogen-bond donors (Lipinski definition) is 3. The number of benzene rings is 1. The fourth-order valence-electron chi connectivity index (χ4n) is 2.89. The van der Waals surface area contributed by atoms with Crippen LogP contribution in [0.2, 0.25) is 0 Å². The number of piperazine rings is 1. The molecule has 30 heavy (non-hydrogen) atoms. The Morgan fingerprint density at radius 2 is 1.70 bits per heavy atom. The highest BCUT2D eigenvalue weighted by Crippen LogP contribution is 2.20. The molecule has 8 nitrogen and oxygen atoms in total. The van der Waals surface area contributed by atoms with E-state index >= 15 is 0 Å². The van der Waals surface area contributed by atoms with Gasteiger partial charge in [0.25, 0.3) is 0 Å². The second-order valence-electron chi connectivity index (χ2n) is 7.31. The number of halogens is 2. The van der Waals surface area contributed by atoms with Crippen molar-refractivity contribution >= 4 is 23.5 Å². The molecule has 0 radical (unpaired) electrons. The summed E-state index contributed by atoms with van der Waals surface area (Å²) in [5, 5.41) is 7.66. The maximum absolute atomic E-state index is 13.3. The minimum absolute atomic E-state index is 0.112. The fourth-order valence-corrected chi connectivity index (χ4v) is 2.89. The zero-order chi connectivity index (χ0) is 22.1. The highest BCUT2D eigenvalue weighted by atomic mass is 19.2. The van der Waals surface area contributed by atoms with Crippen LogP contribution in [0.5, 0.6) is 0 Å². The molecule has 1 atom stereocenters. The van der Waals surface area contributed by atoms with Gasteiger partial charge in [-0.2, -0.15) is 0 Å². The van der Waals surface area contributed by atoms with Crippen LogP contribution in [0.25, 0.3) is 0 Å². The summed E-state index contributed by atoms with van der Waals surface area (Å²) in [6.45, 7) is 7.42. The second kappa shape index (κ2) is 11.4. The summed E-state index contributed by atoms with van der Waals surface area (Å²) in [6.07, 6.45) is 1.39. The Kier molecular flexibility index (Phi) is 8.97. The molecule has 1 unspecified atom stereocenters. The maximum atomic E-state index is 13.3. The fraction of sp³-hybridized carbons (Fsp3) is 0.550. The summed E-state index contributed by atoms with van der Waals surface area (Å²) < 4.78 is 26.4. The molecule has 3 N–H and O–H groups in total. The predicted octanol–water partition coefficient (Wildman–Crippen LogP) is 1.07. The van der Waals surface area contributed by atoms with Gasteiger partial charge in [0.2, 0.25) is 11.8 Å². The Labute approximate surface area is 175 Å². The average Bonchev–Trinajstić information content (AvgIpc) is 2.66. The van der Waals surface area contributed by atoms with Crippen LogP contribution >= 0.6 is 0 Å². The highest BCUT2D eigenvalue weighted by molar-refractivity contribution is 5.93.